The summed E-state index contributed by atoms with van der Waals surface area (Å²) in [6.45, 7) is 6.02. The number of carbonyl (C=O) groups excluding carboxylic acids is 1. The molecule has 0 spiro atoms. The minimum Gasteiger partial charge on any atom is -0.305 e. The maximum Gasteiger partial charge on any atom is 0.326 e. The van der Waals surface area contributed by atoms with Gasteiger partial charge in [-0.2, -0.15) is 0 Å². The molecule has 2 amide bonds. The zero-order valence-corrected chi connectivity index (χ0v) is 11.0. The number of rotatable bonds is 5. The van der Waals surface area contributed by atoms with Crippen molar-refractivity contribution in [1.29, 1.82) is 0 Å². The van der Waals surface area contributed by atoms with Crippen LogP contribution in [-0.2, 0) is 0 Å². The topological polar surface area (TPSA) is 35.9 Å². The van der Waals surface area contributed by atoms with Crippen molar-refractivity contribution in [2.45, 2.75) is 26.7 Å². The molecule has 0 N–H and O–H groups in total. The van der Waals surface area contributed by atoms with Gasteiger partial charge in [-0.25, -0.2) is 4.79 Å². The van der Waals surface area contributed by atoms with Crippen LogP contribution >= 0.6 is 15.9 Å². The molecule has 0 aromatic heterocycles. The highest BCUT2D eigenvalue weighted by atomic mass is 79.9. The van der Waals surface area contributed by atoms with Crippen molar-refractivity contribution >= 4 is 27.8 Å². The van der Waals surface area contributed by atoms with E-state index in [9.17, 15) is 4.79 Å². The predicted octanol–water partition coefficient (Wildman–Crippen LogP) is 2.29. The van der Waals surface area contributed by atoms with Crippen LogP contribution in [0.4, 0.5) is 4.79 Å². The number of hydrogen-bond acceptors (Lipinski definition) is 2. The molecule has 1 aliphatic heterocycles. The van der Waals surface area contributed by atoms with Crippen molar-refractivity contribution in [3.05, 3.63) is 0 Å². The van der Waals surface area contributed by atoms with Crippen molar-refractivity contribution in [3.63, 3.8) is 0 Å². The van der Waals surface area contributed by atoms with Crippen molar-refractivity contribution in [1.82, 2.24) is 9.80 Å². The molecule has 0 radical (unpaired) electrons. The summed E-state index contributed by atoms with van der Waals surface area (Å²) in [6, 6.07) is 0.102. The van der Waals surface area contributed by atoms with E-state index >= 15 is 0 Å². The molecule has 1 aliphatic rings. The largest absolute Gasteiger partial charge is 0.326 e. The highest BCUT2D eigenvalue weighted by molar-refractivity contribution is 9.09. The van der Waals surface area contributed by atoms with Gasteiger partial charge in [0.2, 0.25) is 0 Å². The fourth-order valence-electron chi connectivity index (χ4n) is 1.54. The van der Waals surface area contributed by atoms with Gasteiger partial charge in [0, 0.05) is 18.4 Å². The molecule has 5 heteroatoms. The van der Waals surface area contributed by atoms with Crippen molar-refractivity contribution in [2.75, 3.05) is 25.1 Å². The van der Waals surface area contributed by atoms with Gasteiger partial charge in [0.25, 0.3) is 0 Å². The second-order valence-electron chi connectivity index (χ2n) is 3.59. The van der Waals surface area contributed by atoms with Gasteiger partial charge in [0.05, 0.1) is 0 Å². The van der Waals surface area contributed by atoms with Crippen LogP contribution in [0.2, 0.25) is 0 Å². The van der Waals surface area contributed by atoms with E-state index in [2.05, 4.69) is 27.8 Å². The molecule has 1 rings (SSSR count). The molecule has 0 bridgehead atoms. The minimum atomic E-state index is 0.102. The van der Waals surface area contributed by atoms with Gasteiger partial charge in [-0.15, -0.1) is 0 Å². The van der Waals surface area contributed by atoms with Crippen LogP contribution in [0.1, 0.15) is 26.7 Å². The molecule has 0 saturated heterocycles. The Morgan fingerprint density at radius 3 is 2.80 bits per heavy atom. The lowest BCUT2D eigenvalue weighted by Crippen LogP contribution is -2.50. The van der Waals surface area contributed by atoms with Gasteiger partial charge in [-0.3, -0.25) is 9.89 Å². The average Bonchev–Trinajstić information content (AvgIpc) is 2.23. The third-order valence-electron chi connectivity index (χ3n) is 2.37. The minimum absolute atomic E-state index is 0.102. The molecule has 0 aliphatic carbocycles. The number of urea groups is 1. The quantitative estimate of drug-likeness (QED) is 0.710. The number of halogens is 1. The van der Waals surface area contributed by atoms with E-state index in [0.29, 0.717) is 6.67 Å². The number of aliphatic imine (C=N–C) groups is 1. The Morgan fingerprint density at radius 2 is 2.20 bits per heavy atom. The number of carbonyl (C=O) groups is 1. The summed E-state index contributed by atoms with van der Waals surface area (Å²) in [5, 5.41) is 0.924. The Balaban J connectivity index is 2.61. The molecule has 4 nitrogen and oxygen atoms in total. The average molecular weight is 276 g/mol. The fraction of sp³-hybridized carbons (Fsp3) is 0.800. The molecule has 0 unspecified atom stereocenters. The summed E-state index contributed by atoms with van der Waals surface area (Å²) in [5.74, 6) is 0.844. The first-order valence-corrected chi connectivity index (χ1v) is 6.46. The van der Waals surface area contributed by atoms with E-state index < -0.39 is 0 Å². The van der Waals surface area contributed by atoms with Crippen LogP contribution < -0.4 is 0 Å². The lowest BCUT2D eigenvalue weighted by molar-refractivity contribution is 0.170. The number of nitrogens with zero attached hydrogens (tertiary/aromatic N) is 3. The molecule has 0 fully saturated rings. The smallest absolute Gasteiger partial charge is 0.305 e. The first kappa shape index (κ1) is 12.5. The summed E-state index contributed by atoms with van der Waals surface area (Å²) in [4.78, 5) is 19.9. The van der Waals surface area contributed by atoms with E-state index in [0.717, 1.165) is 37.1 Å². The Kier molecular flexibility index (Phi) is 5.08. The van der Waals surface area contributed by atoms with Gasteiger partial charge >= 0.3 is 6.03 Å². The van der Waals surface area contributed by atoms with Crippen molar-refractivity contribution in [2.24, 2.45) is 4.99 Å². The number of hydrogen-bond donors (Lipinski definition) is 0. The molecule has 0 saturated carbocycles. The normalized spacial score (nSPS) is 17.0. The zero-order valence-electron chi connectivity index (χ0n) is 9.37. The molecule has 86 valence electrons. The van der Waals surface area contributed by atoms with E-state index in [4.69, 9.17) is 0 Å². The summed E-state index contributed by atoms with van der Waals surface area (Å²) < 4.78 is 0. The Bertz CT molecular complexity index is 255. The Labute approximate surface area is 99.5 Å². The monoisotopic (exact) mass is 275 g/mol. The fourth-order valence-corrected chi connectivity index (χ4v) is 1.79. The van der Waals surface area contributed by atoms with E-state index in [-0.39, 0.29) is 6.03 Å². The Hall–Kier alpha value is -0.580. The van der Waals surface area contributed by atoms with Gasteiger partial charge in [0.15, 0.2) is 0 Å². The van der Waals surface area contributed by atoms with E-state index in [1.165, 1.54) is 0 Å². The summed E-state index contributed by atoms with van der Waals surface area (Å²) >= 11 is 3.37. The van der Waals surface area contributed by atoms with Crippen LogP contribution in [0.3, 0.4) is 0 Å². The predicted molar refractivity (Wildman–Crippen MR) is 65.5 cm³/mol. The van der Waals surface area contributed by atoms with Crippen LogP contribution in [0.15, 0.2) is 4.99 Å². The zero-order chi connectivity index (χ0) is 11.3. The second-order valence-corrected chi connectivity index (χ2v) is 4.38. The molecule has 0 atom stereocenters. The van der Waals surface area contributed by atoms with Crippen LogP contribution in [-0.4, -0.2) is 46.8 Å². The number of alkyl halides is 1. The third-order valence-corrected chi connectivity index (χ3v) is 2.93. The Morgan fingerprint density at radius 1 is 1.47 bits per heavy atom. The standard InChI is InChI=1S/C10H18BrN3O/c1-3-6-14-9(2)12-8-13(10(14)15)7-4-5-11/h3-8H2,1-2H3. The lowest BCUT2D eigenvalue weighted by atomic mass is 10.3. The van der Waals surface area contributed by atoms with Crippen LogP contribution in [0.25, 0.3) is 0 Å². The van der Waals surface area contributed by atoms with Crippen LogP contribution in [0, 0.1) is 0 Å². The molecular formula is C10H18BrN3O. The summed E-state index contributed by atoms with van der Waals surface area (Å²) in [5.41, 5.74) is 0. The highest BCUT2D eigenvalue weighted by Gasteiger charge is 2.25. The molecule has 0 aromatic rings. The van der Waals surface area contributed by atoms with E-state index in [1.54, 1.807) is 9.80 Å². The highest BCUT2D eigenvalue weighted by Crippen LogP contribution is 2.09. The SMILES string of the molecule is CCCN1C(=O)N(CCCBr)CN=C1C. The molecule has 1 heterocycles. The van der Waals surface area contributed by atoms with Gasteiger partial charge in [-0.05, 0) is 19.8 Å². The number of amides is 2. The first-order valence-electron chi connectivity index (χ1n) is 5.34. The van der Waals surface area contributed by atoms with Crippen molar-refractivity contribution < 1.29 is 4.79 Å². The maximum absolute atomic E-state index is 12.0. The second kappa shape index (κ2) is 6.10. The molecular weight excluding hydrogens is 258 g/mol. The lowest BCUT2D eigenvalue weighted by Gasteiger charge is -2.33. The van der Waals surface area contributed by atoms with Gasteiger partial charge in [0.1, 0.15) is 12.5 Å². The van der Waals surface area contributed by atoms with Crippen molar-refractivity contribution in [3.8, 4) is 0 Å². The van der Waals surface area contributed by atoms with Gasteiger partial charge < -0.3 is 4.90 Å². The van der Waals surface area contributed by atoms with Gasteiger partial charge in [-0.1, -0.05) is 22.9 Å². The van der Waals surface area contributed by atoms with E-state index in [1.807, 2.05) is 6.92 Å². The first-order chi connectivity index (χ1) is 7.20. The summed E-state index contributed by atoms with van der Waals surface area (Å²) in [7, 11) is 0. The summed E-state index contributed by atoms with van der Waals surface area (Å²) in [6.07, 6.45) is 1.94. The molecule has 0 aromatic carbocycles. The maximum atomic E-state index is 12.0. The van der Waals surface area contributed by atoms with Crippen LogP contribution in [0.5, 0.6) is 0 Å². The molecule has 15 heavy (non-hydrogen) atoms. The number of amidine groups is 1. The third kappa shape index (κ3) is 3.19.